The number of hydrogen-bond donors (Lipinski definition) is 0. The highest BCUT2D eigenvalue weighted by atomic mass is 35.5. The van der Waals surface area contributed by atoms with E-state index in [1.807, 2.05) is 53.4 Å². The molecule has 0 saturated carbocycles. The normalized spacial score (nSPS) is 13.5. The van der Waals surface area contributed by atoms with Crippen LogP contribution in [0.5, 0.6) is 0 Å². The topological polar surface area (TPSA) is 20.3 Å². The lowest BCUT2D eigenvalue weighted by atomic mass is 10.1. The van der Waals surface area contributed by atoms with Crippen molar-refractivity contribution >= 4 is 17.5 Å². The van der Waals surface area contributed by atoms with Gasteiger partial charge in [0.2, 0.25) is 0 Å². The highest BCUT2D eigenvalue weighted by Gasteiger charge is 2.23. The van der Waals surface area contributed by atoms with Crippen molar-refractivity contribution in [3.8, 4) is 0 Å². The van der Waals surface area contributed by atoms with E-state index in [2.05, 4.69) is 0 Å². The van der Waals surface area contributed by atoms with E-state index in [0.29, 0.717) is 13.1 Å². The van der Waals surface area contributed by atoms with Crippen LogP contribution in [0.2, 0.25) is 5.02 Å². The molecule has 0 N–H and O–H groups in total. The van der Waals surface area contributed by atoms with Crippen molar-refractivity contribution < 1.29 is 4.79 Å². The van der Waals surface area contributed by atoms with Gasteiger partial charge in [0, 0.05) is 23.7 Å². The zero-order valence-corrected chi connectivity index (χ0v) is 10.5. The fourth-order valence-electron chi connectivity index (χ4n) is 2.27. The molecule has 1 amide bonds. The molecule has 0 radical (unpaired) electrons. The quantitative estimate of drug-likeness (QED) is 0.766. The molecule has 0 unspecified atom stereocenters. The standard InChI is InChI=1S/C15H12ClNO/c16-14-7-6-12-9-17(10-13(12)8-14)15(18)11-4-2-1-3-5-11/h1-8H,9-10H2. The number of fused-ring (bicyclic) bond motifs is 1. The van der Waals surface area contributed by atoms with Crippen molar-refractivity contribution in [2.24, 2.45) is 0 Å². The molecule has 0 aromatic heterocycles. The highest BCUT2D eigenvalue weighted by molar-refractivity contribution is 6.30. The average Bonchev–Trinajstić information content (AvgIpc) is 2.81. The largest absolute Gasteiger partial charge is 0.330 e. The zero-order chi connectivity index (χ0) is 12.5. The van der Waals surface area contributed by atoms with E-state index in [1.165, 1.54) is 5.56 Å². The Balaban J connectivity index is 1.84. The van der Waals surface area contributed by atoms with E-state index in [1.54, 1.807) is 0 Å². The predicted octanol–water partition coefficient (Wildman–Crippen LogP) is 3.50. The molecule has 90 valence electrons. The van der Waals surface area contributed by atoms with Crippen molar-refractivity contribution in [2.75, 3.05) is 0 Å². The number of carbonyl (C=O) groups excluding carboxylic acids is 1. The van der Waals surface area contributed by atoms with E-state index in [9.17, 15) is 4.79 Å². The Morgan fingerprint density at radius 1 is 1.00 bits per heavy atom. The summed E-state index contributed by atoms with van der Waals surface area (Å²) in [6.07, 6.45) is 0. The summed E-state index contributed by atoms with van der Waals surface area (Å²) in [4.78, 5) is 14.1. The van der Waals surface area contributed by atoms with Gasteiger partial charge in [0.05, 0.1) is 0 Å². The minimum atomic E-state index is 0.0722. The van der Waals surface area contributed by atoms with Crippen molar-refractivity contribution in [3.05, 3.63) is 70.2 Å². The lowest BCUT2D eigenvalue weighted by Crippen LogP contribution is -2.25. The van der Waals surface area contributed by atoms with Crippen molar-refractivity contribution in [3.63, 3.8) is 0 Å². The first-order valence-corrected chi connectivity index (χ1v) is 6.23. The molecule has 1 heterocycles. The number of hydrogen-bond acceptors (Lipinski definition) is 1. The summed E-state index contributed by atoms with van der Waals surface area (Å²) in [7, 11) is 0. The fraction of sp³-hybridized carbons (Fsp3) is 0.133. The van der Waals surface area contributed by atoms with Crippen molar-refractivity contribution in [2.45, 2.75) is 13.1 Å². The van der Waals surface area contributed by atoms with Gasteiger partial charge in [-0.25, -0.2) is 0 Å². The minimum absolute atomic E-state index is 0.0722. The number of rotatable bonds is 1. The molecule has 0 fully saturated rings. The number of halogens is 1. The summed E-state index contributed by atoms with van der Waals surface area (Å²) in [6.45, 7) is 1.31. The number of carbonyl (C=O) groups is 1. The summed E-state index contributed by atoms with van der Waals surface area (Å²) >= 11 is 5.96. The van der Waals surface area contributed by atoms with Crippen LogP contribution in [0.4, 0.5) is 0 Å². The Bertz CT molecular complexity index is 595. The van der Waals surface area contributed by atoms with Crippen LogP contribution in [0.15, 0.2) is 48.5 Å². The molecule has 0 saturated heterocycles. The summed E-state index contributed by atoms with van der Waals surface area (Å²) in [5, 5.41) is 0.725. The fourth-order valence-corrected chi connectivity index (χ4v) is 2.46. The third-order valence-corrected chi connectivity index (χ3v) is 3.43. The second-order valence-electron chi connectivity index (χ2n) is 4.44. The zero-order valence-electron chi connectivity index (χ0n) is 9.77. The molecule has 3 rings (SSSR count). The maximum absolute atomic E-state index is 12.3. The van der Waals surface area contributed by atoms with Crippen LogP contribution in [0, 0.1) is 0 Å². The molecule has 2 aromatic carbocycles. The van der Waals surface area contributed by atoms with E-state index in [4.69, 9.17) is 11.6 Å². The smallest absolute Gasteiger partial charge is 0.254 e. The Hall–Kier alpha value is -1.80. The van der Waals surface area contributed by atoms with Crippen LogP contribution in [0.25, 0.3) is 0 Å². The molecule has 1 aliphatic rings. The van der Waals surface area contributed by atoms with Crippen LogP contribution >= 0.6 is 11.6 Å². The molecule has 1 aliphatic heterocycles. The van der Waals surface area contributed by atoms with Crippen LogP contribution in [-0.4, -0.2) is 10.8 Å². The summed E-state index contributed by atoms with van der Waals surface area (Å²) in [5.41, 5.74) is 3.06. The first-order valence-electron chi connectivity index (χ1n) is 5.85. The maximum Gasteiger partial charge on any atom is 0.254 e. The third kappa shape index (κ3) is 2.00. The van der Waals surface area contributed by atoms with Gasteiger partial charge in [0.15, 0.2) is 0 Å². The van der Waals surface area contributed by atoms with Crippen molar-refractivity contribution in [1.29, 1.82) is 0 Å². The molecule has 18 heavy (non-hydrogen) atoms. The summed E-state index contributed by atoms with van der Waals surface area (Å²) in [5.74, 6) is 0.0722. The molecule has 0 atom stereocenters. The monoisotopic (exact) mass is 257 g/mol. The van der Waals surface area contributed by atoms with E-state index in [-0.39, 0.29) is 5.91 Å². The van der Waals surface area contributed by atoms with E-state index < -0.39 is 0 Å². The Morgan fingerprint density at radius 2 is 1.72 bits per heavy atom. The van der Waals surface area contributed by atoms with E-state index >= 15 is 0 Å². The highest BCUT2D eigenvalue weighted by Crippen LogP contribution is 2.26. The van der Waals surface area contributed by atoms with Gasteiger partial charge < -0.3 is 4.90 Å². The van der Waals surface area contributed by atoms with E-state index in [0.717, 1.165) is 16.1 Å². The first kappa shape index (κ1) is 11.3. The van der Waals surface area contributed by atoms with Gasteiger partial charge in [-0.2, -0.15) is 0 Å². The molecule has 0 aliphatic carbocycles. The predicted molar refractivity (Wildman–Crippen MR) is 71.5 cm³/mol. The van der Waals surface area contributed by atoms with Gasteiger partial charge in [-0.15, -0.1) is 0 Å². The molecular weight excluding hydrogens is 246 g/mol. The number of benzene rings is 2. The second-order valence-corrected chi connectivity index (χ2v) is 4.88. The molecule has 2 aromatic rings. The SMILES string of the molecule is O=C(c1ccccc1)N1Cc2ccc(Cl)cc2C1. The Labute approximate surface area is 111 Å². The van der Waals surface area contributed by atoms with Crippen LogP contribution in [0.1, 0.15) is 21.5 Å². The van der Waals surface area contributed by atoms with Gasteiger partial charge >= 0.3 is 0 Å². The average molecular weight is 258 g/mol. The van der Waals surface area contributed by atoms with Crippen molar-refractivity contribution in [1.82, 2.24) is 4.90 Å². The molecule has 0 bridgehead atoms. The van der Waals surface area contributed by atoms with Gasteiger partial charge in [0.1, 0.15) is 0 Å². The summed E-state index contributed by atoms with van der Waals surface area (Å²) in [6, 6.07) is 15.2. The lowest BCUT2D eigenvalue weighted by Gasteiger charge is -2.15. The Kier molecular flexibility index (Phi) is 2.80. The molecule has 0 spiro atoms. The van der Waals surface area contributed by atoms with Crippen LogP contribution in [0.3, 0.4) is 0 Å². The molecule has 3 heteroatoms. The van der Waals surface area contributed by atoms with Gasteiger partial charge in [-0.1, -0.05) is 35.9 Å². The number of nitrogens with zero attached hydrogens (tertiary/aromatic N) is 1. The Morgan fingerprint density at radius 3 is 2.50 bits per heavy atom. The first-order chi connectivity index (χ1) is 8.74. The van der Waals surface area contributed by atoms with Crippen LogP contribution in [-0.2, 0) is 13.1 Å². The van der Waals surface area contributed by atoms with Crippen LogP contribution < -0.4 is 0 Å². The van der Waals surface area contributed by atoms with Gasteiger partial charge in [-0.3, -0.25) is 4.79 Å². The second kappa shape index (κ2) is 4.46. The minimum Gasteiger partial charge on any atom is -0.330 e. The summed E-state index contributed by atoms with van der Waals surface area (Å²) < 4.78 is 0. The molecule has 2 nitrogen and oxygen atoms in total. The lowest BCUT2D eigenvalue weighted by molar-refractivity contribution is 0.0751. The maximum atomic E-state index is 12.3. The molecular formula is C15H12ClNO. The van der Waals surface area contributed by atoms with Gasteiger partial charge in [0.25, 0.3) is 5.91 Å². The third-order valence-electron chi connectivity index (χ3n) is 3.20. The number of amides is 1. The van der Waals surface area contributed by atoms with Gasteiger partial charge in [-0.05, 0) is 35.4 Å².